The Morgan fingerprint density at radius 2 is 2.16 bits per heavy atom. The van der Waals surface area contributed by atoms with Gasteiger partial charge in [-0.25, -0.2) is 0 Å². The van der Waals surface area contributed by atoms with Gasteiger partial charge in [0, 0.05) is 17.1 Å². The van der Waals surface area contributed by atoms with Crippen molar-refractivity contribution < 1.29 is 0 Å². The third-order valence-corrected chi connectivity index (χ3v) is 4.25. The van der Waals surface area contributed by atoms with Crippen LogP contribution in [0.25, 0.3) is 0 Å². The van der Waals surface area contributed by atoms with Gasteiger partial charge in [-0.1, -0.05) is 31.2 Å². The minimum absolute atomic E-state index is 0.546. The molecule has 102 valence electrons. The molecule has 0 aliphatic carbocycles. The molecular weight excluding hydrogens is 252 g/mol. The normalized spacial score (nSPS) is 12.5. The van der Waals surface area contributed by atoms with Gasteiger partial charge in [0.15, 0.2) is 0 Å². The molecule has 0 radical (unpaired) electrons. The topological polar surface area (TPSA) is 24.9 Å². The fourth-order valence-electron chi connectivity index (χ4n) is 2.37. The predicted octanol–water partition coefficient (Wildman–Crippen LogP) is 3.60. The van der Waals surface area contributed by atoms with Gasteiger partial charge < -0.3 is 5.32 Å². The Morgan fingerprint density at radius 1 is 1.32 bits per heavy atom. The molecule has 3 heteroatoms. The Hall–Kier alpha value is -1.19. The summed E-state index contributed by atoms with van der Waals surface area (Å²) in [5.74, 6) is 0. The number of benzene rings is 1. The van der Waals surface area contributed by atoms with E-state index < -0.39 is 0 Å². The minimum atomic E-state index is 0.546. The zero-order valence-electron chi connectivity index (χ0n) is 11.7. The lowest BCUT2D eigenvalue weighted by Gasteiger charge is -2.17. The Balaban J connectivity index is 1.91. The number of rotatable bonds is 7. The highest BCUT2D eigenvalue weighted by Crippen LogP contribution is 2.15. The van der Waals surface area contributed by atoms with Gasteiger partial charge in [-0.05, 0) is 43.9 Å². The van der Waals surface area contributed by atoms with E-state index in [1.165, 1.54) is 22.4 Å². The van der Waals surface area contributed by atoms with Gasteiger partial charge in [-0.3, -0.25) is 4.98 Å². The van der Waals surface area contributed by atoms with E-state index in [1.807, 2.05) is 11.7 Å². The molecule has 0 aliphatic rings. The molecule has 0 fully saturated rings. The number of aromatic nitrogens is 1. The van der Waals surface area contributed by atoms with Gasteiger partial charge in [-0.2, -0.15) is 0 Å². The highest BCUT2D eigenvalue weighted by atomic mass is 32.1. The van der Waals surface area contributed by atoms with Crippen LogP contribution in [0, 0.1) is 6.92 Å². The molecule has 19 heavy (non-hydrogen) atoms. The van der Waals surface area contributed by atoms with Crippen molar-refractivity contribution in [3.63, 3.8) is 0 Å². The Bertz CT molecular complexity index is 479. The smallest absolute Gasteiger partial charge is 0.0794 e. The number of nitrogens with one attached hydrogen (secondary N) is 1. The first-order valence-electron chi connectivity index (χ1n) is 6.95. The fourth-order valence-corrected chi connectivity index (χ4v) is 3.05. The first kappa shape index (κ1) is 14.2. The standard InChI is InChI=1S/C16H22N2S/c1-3-18-15(10-16-11-17-12-19-16)9-8-14-7-5-4-6-13(14)2/h4-7,11-12,15,18H,3,8-10H2,1-2H3. The summed E-state index contributed by atoms with van der Waals surface area (Å²) in [6.45, 7) is 5.39. The quantitative estimate of drug-likeness (QED) is 0.834. The van der Waals surface area contributed by atoms with Gasteiger partial charge in [0.25, 0.3) is 0 Å². The number of aryl methyl sites for hydroxylation is 2. The van der Waals surface area contributed by atoms with E-state index in [-0.39, 0.29) is 0 Å². The zero-order chi connectivity index (χ0) is 13.5. The molecule has 0 aliphatic heterocycles. The van der Waals surface area contributed by atoms with Crippen LogP contribution in [0.4, 0.5) is 0 Å². The molecule has 1 aromatic heterocycles. The molecule has 2 aromatic rings. The second kappa shape index (κ2) is 7.41. The van der Waals surface area contributed by atoms with E-state index in [2.05, 4.69) is 48.4 Å². The van der Waals surface area contributed by atoms with Crippen molar-refractivity contribution in [2.75, 3.05) is 6.54 Å². The van der Waals surface area contributed by atoms with Crippen molar-refractivity contribution in [2.45, 2.75) is 39.2 Å². The van der Waals surface area contributed by atoms with Crippen LogP contribution in [0.15, 0.2) is 36.0 Å². The van der Waals surface area contributed by atoms with Gasteiger partial charge in [0.2, 0.25) is 0 Å². The molecule has 0 bridgehead atoms. The maximum atomic E-state index is 4.16. The molecule has 0 spiro atoms. The van der Waals surface area contributed by atoms with E-state index in [4.69, 9.17) is 0 Å². The summed E-state index contributed by atoms with van der Waals surface area (Å²) >= 11 is 1.75. The number of hydrogen-bond acceptors (Lipinski definition) is 3. The molecule has 1 heterocycles. The predicted molar refractivity (Wildman–Crippen MR) is 82.8 cm³/mol. The van der Waals surface area contributed by atoms with E-state index in [1.54, 1.807) is 11.3 Å². The molecule has 1 aromatic carbocycles. The monoisotopic (exact) mass is 274 g/mol. The molecular formula is C16H22N2S. The second-order valence-corrected chi connectivity index (χ2v) is 5.86. The van der Waals surface area contributed by atoms with Crippen LogP contribution >= 0.6 is 11.3 Å². The van der Waals surface area contributed by atoms with Crippen LogP contribution in [0.2, 0.25) is 0 Å². The van der Waals surface area contributed by atoms with E-state index in [9.17, 15) is 0 Å². The van der Waals surface area contributed by atoms with Crippen LogP contribution < -0.4 is 5.32 Å². The van der Waals surface area contributed by atoms with Gasteiger partial charge in [0.05, 0.1) is 5.51 Å². The Kier molecular flexibility index (Phi) is 5.55. The minimum Gasteiger partial charge on any atom is -0.314 e. The molecule has 2 rings (SSSR count). The van der Waals surface area contributed by atoms with Crippen LogP contribution in [0.3, 0.4) is 0 Å². The summed E-state index contributed by atoms with van der Waals surface area (Å²) in [4.78, 5) is 5.53. The van der Waals surface area contributed by atoms with Crippen molar-refractivity contribution in [3.05, 3.63) is 52.0 Å². The summed E-state index contributed by atoms with van der Waals surface area (Å²) in [7, 11) is 0. The number of hydrogen-bond donors (Lipinski definition) is 1. The van der Waals surface area contributed by atoms with Crippen molar-refractivity contribution >= 4 is 11.3 Å². The van der Waals surface area contributed by atoms with Crippen molar-refractivity contribution in [3.8, 4) is 0 Å². The van der Waals surface area contributed by atoms with Crippen LogP contribution in [-0.4, -0.2) is 17.6 Å². The third kappa shape index (κ3) is 4.44. The lowest BCUT2D eigenvalue weighted by molar-refractivity contribution is 0.493. The maximum absolute atomic E-state index is 4.16. The zero-order valence-corrected chi connectivity index (χ0v) is 12.5. The van der Waals surface area contributed by atoms with Gasteiger partial charge >= 0.3 is 0 Å². The Morgan fingerprint density at radius 3 is 2.84 bits per heavy atom. The van der Waals surface area contributed by atoms with Gasteiger partial charge in [-0.15, -0.1) is 11.3 Å². The highest BCUT2D eigenvalue weighted by Gasteiger charge is 2.10. The molecule has 2 nitrogen and oxygen atoms in total. The summed E-state index contributed by atoms with van der Waals surface area (Å²) in [5.41, 5.74) is 4.78. The summed E-state index contributed by atoms with van der Waals surface area (Å²) in [6.07, 6.45) is 5.40. The number of nitrogens with zero attached hydrogens (tertiary/aromatic N) is 1. The molecule has 1 N–H and O–H groups in total. The van der Waals surface area contributed by atoms with Crippen LogP contribution in [-0.2, 0) is 12.8 Å². The van der Waals surface area contributed by atoms with E-state index in [0.717, 1.165) is 19.4 Å². The lowest BCUT2D eigenvalue weighted by atomic mass is 9.99. The average molecular weight is 274 g/mol. The molecule has 0 saturated heterocycles. The number of thiazole rings is 1. The summed E-state index contributed by atoms with van der Waals surface area (Å²) in [6, 6.07) is 9.22. The van der Waals surface area contributed by atoms with E-state index >= 15 is 0 Å². The Labute approximate surface area is 119 Å². The molecule has 1 unspecified atom stereocenters. The first-order chi connectivity index (χ1) is 9.29. The van der Waals surface area contributed by atoms with Crippen LogP contribution in [0.5, 0.6) is 0 Å². The largest absolute Gasteiger partial charge is 0.314 e. The van der Waals surface area contributed by atoms with Crippen molar-refractivity contribution in [1.82, 2.24) is 10.3 Å². The van der Waals surface area contributed by atoms with E-state index in [0.29, 0.717) is 6.04 Å². The molecule has 0 amide bonds. The summed E-state index contributed by atoms with van der Waals surface area (Å²) in [5, 5.41) is 3.59. The SMILES string of the molecule is CCNC(CCc1ccccc1C)Cc1cncs1. The van der Waals surface area contributed by atoms with Crippen molar-refractivity contribution in [1.29, 1.82) is 0 Å². The third-order valence-electron chi connectivity index (χ3n) is 3.45. The van der Waals surface area contributed by atoms with Crippen molar-refractivity contribution in [2.24, 2.45) is 0 Å². The fraction of sp³-hybridized carbons (Fsp3) is 0.438. The highest BCUT2D eigenvalue weighted by molar-refractivity contribution is 7.09. The first-order valence-corrected chi connectivity index (χ1v) is 7.82. The number of likely N-dealkylation sites (N-methyl/N-ethyl adjacent to an activating group) is 1. The molecule has 0 saturated carbocycles. The second-order valence-electron chi connectivity index (χ2n) is 4.89. The maximum Gasteiger partial charge on any atom is 0.0794 e. The molecule has 1 atom stereocenters. The van der Waals surface area contributed by atoms with Crippen LogP contribution in [0.1, 0.15) is 29.3 Å². The summed E-state index contributed by atoms with van der Waals surface area (Å²) < 4.78 is 0. The van der Waals surface area contributed by atoms with Gasteiger partial charge in [0.1, 0.15) is 0 Å². The lowest BCUT2D eigenvalue weighted by Crippen LogP contribution is -2.31. The average Bonchev–Trinajstić information content (AvgIpc) is 2.91.